The summed E-state index contributed by atoms with van der Waals surface area (Å²) in [5, 5.41) is 0. The summed E-state index contributed by atoms with van der Waals surface area (Å²) < 4.78 is 0. The van der Waals surface area contributed by atoms with Crippen molar-refractivity contribution in [2.24, 2.45) is 0 Å². The van der Waals surface area contributed by atoms with Crippen molar-refractivity contribution in [2.45, 2.75) is 59.4 Å². The van der Waals surface area contributed by atoms with E-state index in [1.54, 1.807) is 0 Å². The van der Waals surface area contributed by atoms with Gasteiger partial charge < -0.3 is 4.90 Å². The van der Waals surface area contributed by atoms with Crippen LogP contribution in [0.4, 0.5) is 11.4 Å². The Morgan fingerprint density at radius 1 is 0.525 bits per heavy atom. The van der Waals surface area contributed by atoms with Gasteiger partial charge in [0, 0.05) is 27.9 Å². The van der Waals surface area contributed by atoms with Crippen molar-refractivity contribution in [2.75, 3.05) is 4.90 Å². The summed E-state index contributed by atoms with van der Waals surface area (Å²) in [5.74, 6) is 0. The highest BCUT2D eigenvalue weighted by molar-refractivity contribution is 5.90. The number of rotatable bonds is 4. The van der Waals surface area contributed by atoms with Gasteiger partial charge in [0.1, 0.15) is 0 Å². The lowest BCUT2D eigenvalue weighted by atomic mass is 9.81. The third kappa shape index (κ3) is 4.16. The first-order chi connectivity index (χ1) is 19.1. The molecule has 0 aliphatic heterocycles. The van der Waals surface area contributed by atoms with Crippen molar-refractivity contribution >= 4 is 11.4 Å². The van der Waals surface area contributed by atoms with Gasteiger partial charge in [-0.1, -0.05) is 105 Å². The van der Waals surface area contributed by atoms with Gasteiger partial charge in [0.05, 0.1) is 0 Å². The minimum absolute atomic E-state index is 0.0341. The molecular weight excluding hydrogens is 482 g/mol. The molecule has 200 valence electrons. The third-order valence-corrected chi connectivity index (χ3v) is 8.67. The Morgan fingerprint density at radius 3 is 1.85 bits per heavy atom. The number of nitrogens with zero attached hydrogens (tertiary/aromatic N) is 1. The van der Waals surface area contributed by atoms with E-state index in [2.05, 4.69) is 163 Å². The lowest BCUT2D eigenvalue weighted by Gasteiger charge is -2.40. The molecular formula is C39H39N. The third-order valence-electron chi connectivity index (χ3n) is 8.67. The van der Waals surface area contributed by atoms with Crippen LogP contribution in [0, 0.1) is 13.8 Å². The van der Waals surface area contributed by atoms with Gasteiger partial charge in [-0.2, -0.15) is 0 Å². The summed E-state index contributed by atoms with van der Waals surface area (Å²) in [7, 11) is 0. The largest absolute Gasteiger partial charge is 0.335 e. The molecule has 0 radical (unpaired) electrons. The number of fused-ring (bicyclic) bond motifs is 3. The number of para-hydroxylation sites is 1. The van der Waals surface area contributed by atoms with Gasteiger partial charge in [-0.3, -0.25) is 0 Å². The summed E-state index contributed by atoms with van der Waals surface area (Å²) in [4.78, 5) is 2.54. The predicted molar refractivity (Wildman–Crippen MR) is 173 cm³/mol. The molecule has 0 amide bonds. The van der Waals surface area contributed by atoms with Crippen molar-refractivity contribution in [1.82, 2.24) is 0 Å². The van der Waals surface area contributed by atoms with Crippen LogP contribution in [-0.4, -0.2) is 5.54 Å². The summed E-state index contributed by atoms with van der Waals surface area (Å²) in [6.45, 7) is 16.2. The second-order valence-corrected chi connectivity index (χ2v) is 12.7. The SMILES string of the molecule is Cc1cc2c(cc1-c1ccccc1N(c1cccc(-c3ccccc3)c1C)C(C)(C)C)C(C)(C)c1ccccc1-2. The molecule has 0 atom stereocenters. The topological polar surface area (TPSA) is 3.24 Å². The van der Waals surface area contributed by atoms with Crippen molar-refractivity contribution < 1.29 is 0 Å². The van der Waals surface area contributed by atoms with Gasteiger partial charge in [-0.15, -0.1) is 0 Å². The van der Waals surface area contributed by atoms with Crippen LogP contribution in [0.2, 0.25) is 0 Å². The zero-order valence-corrected chi connectivity index (χ0v) is 24.8. The first-order valence-electron chi connectivity index (χ1n) is 14.4. The minimum Gasteiger partial charge on any atom is -0.335 e. The van der Waals surface area contributed by atoms with Crippen molar-refractivity contribution in [3.63, 3.8) is 0 Å². The zero-order chi connectivity index (χ0) is 28.2. The number of benzene rings is 5. The summed E-state index contributed by atoms with van der Waals surface area (Å²) in [5.41, 5.74) is 15.6. The van der Waals surface area contributed by atoms with Gasteiger partial charge in [0.2, 0.25) is 0 Å². The van der Waals surface area contributed by atoms with Crippen LogP contribution in [0.25, 0.3) is 33.4 Å². The first kappa shape index (κ1) is 26.1. The summed E-state index contributed by atoms with van der Waals surface area (Å²) in [6.07, 6.45) is 0. The first-order valence-corrected chi connectivity index (χ1v) is 14.4. The van der Waals surface area contributed by atoms with E-state index >= 15 is 0 Å². The van der Waals surface area contributed by atoms with E-state index in [0.717, 1.165) is 0 Å². The molecule has 1 aliphatic rings. The Hall–Kier alpha value is -4.10. The quantitative estimate of drug-likeness (QED) is 0.227. The molecule has 0 saturated carbocycles. The van der Waals surface area contributed by atoms with Crippen LogP contribution >= 0.6 is 0 Å². The molecule has 1 aliphatic carbocycles. The second-order valence-electron chi connectivity index (χ2n) is 12.7. The van der Waals surface area contributed by atoms with Gasteiger partial charge in [0.15, 0.2) is 0 Å². The highest BCUT2D eigenvalue weighted by atomic mass is 15.2. The molecule has 0 unspecified atom stereocenters. The average molecular weight is 522 g/mol. The molecule has 40 heavy (non-hydrogen) atoms. The van der Waals surface area contributed by atoms with Crippen LogP contribution in [0.3, 0.4) is 0 Å². The molecule has 0 N–H and O–H groups in total. The Balaban J connectivity index is 1.55. The molecule has 5 aromatic carbocycles. The molecule has 0 bridgehead atoms. The summed E-state index contributed by atoms with van der Waals surface area (Å²) >= 11 is 0. The van der Waals surface area contributed by atoms with Crippen LogP contribution in [0.15, 0.2) is 109 Å². The fraction of sp³-hybridized carbons (Fsp3) is 0.231. The van der Waals surface area contributed by atoms with E-state index in [1.165, 1.54) is 67.0 Å². The molecule has 1 heteroatoms. The van der Waals surface area contributed by atoms with E-state index < -0.39 is 0 Å². The fourth-order valence-corrected chi connectivity index (χ4v) is 6.69. The molecule has 5 aromatic rings. The maximum Gasteiger partial charge on any atom is 0.0495 e. The Bertz CT molecular complexity index is 1720. The molecule has 0 spiro atoms. The highest BCUT2D eigenvalue weighted by Crippen LogP contribution is 2.51. The van der Waals surface area contributed by atoms with E-state index in [0.29, 0.717) is 0 Å². The molecule has 6 rings (SSSR count). The maximum atomic E-state index is 2.54. The Morgan fingerprint density at radius 2 is 1.12 bits per heavy atom. The van der Waals surface area contributed by atoms with E-state index in [-0.39, 0.29) is 11.0 Å². The molecule has 0 heterocycles. The zero-order valence-electron chi connectivity index (χ0n) is 24.8. The van der Waals surface area contributed by atoms with E-state index in [1.807, 2.05) is 0 Å². The fourth-order valence-electron chi connectivity index (χ4n) is 6.69. The smallest absolute Gasteiger partial charge is 0.0495 e. The number of aryl methyl sites for hydroxylation is 1. The highest BCUT2D eigenvalue weighted by Gasteiger charge is 2.36. The monoisotopic (exact) mass is 521 g/mol. The Kier molecular flexibility index (Phi) is 6.22. The molecule has 1 nitrogen and oxygen atoms in total. The van der Waals surface area contributed by atoms with Crippen LogP contribution in [-0.2, 0) is 5.41 Å². The molecule has 0 fully saturated rings. The Labute approximate surface area is 240 Å². The van der Waals surface area contributed by atoms with Gasteiger partial charge in [-0.05, 0) is 103 Å². The van der Waals surface area contributed by atoms with Gasteiger partial charge >= 0.3 is 0 Å². The number of hydrogen-bond acceptors (Lipinski definition) is 1. The van der Waals surface area contributed by atoms with Crippen molar-refractivity contribution in [3.8, 4) is 33.4 Å². The van der Waals surface area contributed by atoms with Crippen molar-refractivity contribution in [1.29, 1.82) is 0 Å². The van der Waals surface area contributed by atoms with Crippen LogP contribution in [0.5, 0.6) is 0 Å². The normalized spacial score (nSPS) is 13.6. The lowest BCUT2D eigenvalue weighted by Crippen LogP contribution is -2.38. The van der Waals surface area contributed by atoms with Crippen molar-refractivity contribution in [3.05, 3.63) is 131 Å². The average Bonchev–Trinajstić information content (AvgIpc) is 3.15. The number of hydrogen-bond donors (Lipinski definition) is 0. The summed E-state index contributed by atoms with van der Waals surface area (Å²) in [6, 6.07) is 40.2. The lowest BCUT2D eigenvalue weighted by molar-refractivity contribution is 0.560. The minimum atomic E-state index is -0.143. The molecule has 0 aromatic heterocycles. The van der Waals surface area contributed by atoms with Crippen LogP contribution < -0.4 is 4.90 Å². The molecule has 0 saturated heterocycles. The van der Waals surface area contributed by atoms with Gasteiger partial charge in [0.25, 0.3) is 0 Å². The van der Waals surface area contributed by atoms with E-state index in [4.69, 9.17) is 0 Å². The van der Waals surface area contributed by atoms with E-state index in [9.17, 15) is 0 Å². The van der Waals surface area contributed by atoms with Crippen LogP contribution in [0.1, 0.15) is 56.9 Å². The predicted octanol–water partition coefficient (Wildman–Crippen LogP) is 10.9. The standard InChI is InChI=1S/C39H39N/c1-26-24-33-30-18-11-13-21-34(30)39(6,7)35(33)25-32(26)31-19-12-14-22-37(31)40(38(3,4)5)36-23-15-20-29(27(36)2)28-16-9-8-10-17-28/h8-25H,1-7H3. The number of anilines is 2. The van der Waals surface area contributed by atoms with Gasteiger partial charge in [-0.25, -0.2) is 0 Å². The maximum absolute atomic E-state index is 2.54. The second kappa shape index (κ2) is 9.52.